The maximum absolute atomic E-state index is 12.5. The number of carbonyl (C=O) groups excluding carboxylic acids is 2. The number of piperidine rings is 1. The van der Waals surface area contributed by atoms with E-state index in [9.17, 15) is 9.59 Å². The van der Waals surface area contributed by atoms with Crippen molar-refractivity contribution < 1.29 is 14.3 Å². The molecule has 1 aromatic carbocycles. The zero-order chi connectivity index (χ0) is 18.1. The quantitative estimate of drug-likeness (QED) is 0.794. The molecule has 0 bridgehead atoms. The molecule has 2 rings (SSSR count). The molecule has 0 saturated carbocycles. The largest absolute Gasteiger partial charge is 0.494 e. The third-order valence-corrected chi connectivity index (χ3v) is 4.11. The molecule has 0 radical (unpaired) electrons. The molecule has 6 nitrogen and oxygen atoms in total. The predicted molar refractivity (Wildman–Crippen MR) is 98.9 cm³/mol. The van der Waals surface area contributed by atoms with Crippen molar-refractivity contribution >= 4 is 17.6 Å². The highest BCUT2D eigenvalue weighted by atomic mass is 16.5. The Balaban J connectivity index is 1.88. The fourth-order valence-electron chi connectivity index (χ4n) is 2.89. The van der Waals surface area contributed by atoms with Gasteiger partial charge in [-0.05, 0) is 37.8 Å². The highest BCUT2D eigenvalue weighted by molar-refractivity contribution is 5.89. The number of likely N-dealkylation sites (tertiary alicyclic amines) is 1. The van der Waals surface area contributed by atoms with E-state index in [0.29, 0.717) is 26.1 Å². The van der Waals surface area contributed by atoms with Crippen LogP contribution in [0, 0.1) is 0 Å². The van der Waals surface area contributed by atoms with E-state index in [1.807, 2.05) is 31.2 Å². The van der Waals surface area contributed by atoms with Crippen LogP contribution < -0.4 is 15.4 Å². The van der Waals surface area contributed by atoms with Crippen LogP contribution in [-0.2, 0) is 4.79 Å². The third kappa shape index (κ3) is 6.29. The van der Waals surface area contributed by atoms with Gasteiger partial charge in [-0.3, -0.25) is 4.79 Å². The van der Waals surface area contributed by atoms with Gasteiger partial charge in [-0.1, -0.05) is 19.9 Å². The molecule has 0 spiro atoms. The molecule has 1 aromatic rings. The molecule has 1 fully saturated rings. The molecule has 1 atom stereocenters. The number of nitrogens with one attached hydrogen (secondary N) is 2. The minimum absolute atomic E-state index is 0.0396. The zero-order valence-electron chi connectivity index (χ0n) is 15.2. The molecule has 0 unspecified atom stereocenters. The Hall–Kier alpha value is -2.24. The highest BCUT2D eigenvalue weighted by Crippen LogP contribution is 2.19. The second-order valence-corrected chi connectivity index (χ2v) is 6.41. The maximum Gasteiger partial charge on any atom is 0.321 e. The van der Waals surface area contributed by atoms with Crippen LogP contribution in [0.1, 0.15) is 46.0 Å². The van der Waals surface area contributed by atoms with Crippen molar-refractivity contribution in [2.45, 2.75) is 52.0 Å². The number of benzene rings is 1. The number of anilines is 1. The van der Waals surface area contributed by atoms with Crippen molar-refractivity contribution in [2.75, 3.05) is 25.0 Å². The molecular weight excluding hydrogens is 318 g/mol. The second kappa shape index (κ2) is 9.91. The average molecular weight is 347 g/mol. The fraction of sp³-hybridized carbons (Fsp3) is 0.579. The number of nitrogens with zero attached hydrogens (tertiary/aromatic N) is 1. The summed E-state index contributed by atoms with van der Waals surface area (Å²) in [6.45, 7) is 5.95. The van der Waals surface area contributed by atoms with Gasteiger partial charge < -0.3 is 20.3 Å². The lowest BCUT2D eigenvalue weighted by Crippen LogP contribution is -2.50. The molecule has 25 heavy (non-hydrogen) atoms. The third-order valence-electron chi connectivity index (χ3n) is 4.11. The fourth-order valence-corrected chi connectivity index (χ4v) is 2.89. The summed E-state index contributed by atoms with van der Waals surface area (Å²) < 4.78 is 5.59. The molecule has 1 saturated heterocycles. The summed E-state index contributed by atoms with van der Waals surface area (Å²) in [5.41, 5.74) is 0.718. The number of carbonyl (C=O) groups is 2. The molecule has 1 aliphatic heterocycles. The Morgan fingerprint density at radius 1 is 1.28 bits per heavy atom. The summed E-state index contributed by atoms with van der Waals surface area (Å²) >= 11 is 0. The lowest BCUT2D eigenvalue weighted by Gasteiger charge is -2.33. The van der Waals surface area contributed by atoms with Gasteiger partial charge in [0.15, 0.2) is 0 Å². The number of hydrogen-bond acceptors (Lipinski definition) is 3. The van der Waals surface area contributed by atoms with Gasteiger partial charge in [0.25, 0.3) is 0 Å². The van der Waals surface area contributed by atoms with Crippen molar-refractivity contribution in [3.8, 4) is 5.75 Å². The van der Waals surface area contributed by atoms with Crippen LogP contribution in [0.2, 0.25) is 0 Å². The number of rotatable bonds is 7. The van der Waals surface area contributed by atoms with Crippen LogP contribution in [0.25, 0.3) is 0 Å². The summed E-state index contributed by atoms with van der Waals surface area (Å²) in [6.07, 6.45) is 4.12. The van der Waals surface area contributed by atoms with E-state index in [4.69, 9.17) is 4.74 Å². The summed E-state index contributed by atoms with van der Waals surface area (Å²) in [4.78, 5) is 26.0. The Morgan fingerprint density at radius 2 is 2.12 bits per heavy atom. The Bertz CT molecular complexity index is 577. The first-order valence-electron chi connectivity index (χ1n) is 9.20. The molecule has 138 valence electrons. The first-order chi connectivity index (χ1) is 12.1. The Labute approximate surface area is 149 Å². The minimum atomic E-state index is -0.137. The van der Waals surface area contributed by atoms with E-state index in [0.717, 1.165) is 37.1 Å². The van der Waals surface area contributed by atoms with Gasteiger partial charge in [0, 0.05) is 37.3 Å². The van der Waals surface area contributed by atoms with Crippen molar-refractivity contribution in [3.05, 3.63) is 24.3 Å². The standard InChI is InChI=1S/C19H29N3O3/c1-3-7-18(23)20-16-9-6-11-22(14-16)19(24)21-15-8-5-10-17(13-15)25-12-4-2/h5,8,10,13,16H,3-4,6-7,9,11-12,14H2,1-2H3,(H,20,23)(H,21,24)/t16-/m0/s1. The van der Waals surface area contributed by atoms with E-state index in [1.165, 1.54) is 0 Å². The van der Waals surface area contributed by atoms with Crippen LogP contribution >= 0.6 is 0 Å². The first kappa shape index (κ1) is 19.1. The summed E-state index contributed by atoms with van der Waals surface area (Å²) in [7, 11) is 0. The SMILES string of the molecule is CCCOc1cccc(NC(=O)N2CCC[C@H](NC(=O)CCC)C2)c1. The van der Waals surface area contributed by atoms with Crippen molar-refractivity contribution in [1.29, 1.82) is 0 Å². The van der Waals surface area contributed by atoms with Gasteiger partial charge >= 0.3 is 6.03 Å². The van der Waals surface area contributed by atoms with E-state index in [-0.39, 0.29) is 18.0 Å². The van der Waals surface area contributed by atoms with Gasteiger partial charge in [0.1, 0.15) is 5.75 Å². The molecule has 1 heterocycles. The monoisotopic (exact) mass is 347 g/mol. The van der Waals surface area contributed by atoms with Crippen LogP contribution in [0.4, 0.5) is 10.5 Å². The molecule has 0 aromatic heterocycles. The van der Waals surface area contributed by atoms with Gasteiger partial charge in [-0.15, -0.1) is 0 Å². The van der Waals surface area contributed by atoms with Crippen LogP contribution in [0.15, 0.2) is 24.3 Å². The molecule has 3 amide bonds. The predicted octanol–water partition coefficient (Wildman–Crippen LogP) is 3.39. The number of hydrogen-bond donors (Lipinski definition) is 2. The molecule has 2 N–H and O–H groups in total. The Kier molecular flexibility index (Phi) is 7.57. The number of ether oxygens (including phenoxy) is 1. The first-order valence-corrected chi connectivity index (χ1v) is 9.20. The Morgan fingerprint density at radius 3 is 2.88 bits per heavy atom. The van der Waals surface area contributed by atoms with Gasteiger partial charge in [-0.25, -0.2) is 4.79 Å². The summed E-state index contributed by atoms with van der Waals surface area (Å²) in [5.74, 6) is 0.818. The van der Waals surface area contributed by atoms with E-state index < -0.39 is 0 Å². The second-order valence-electron chi connectivity index (χ2n) is 6.41. The average Bonchev–Trinajstić information content (AvgIpc) is 2.60. The maximum atomic E-state index is 12.5. The minimum Gasteiger partial charge on any atom is -0.494 e. The van der Waals surface area contributed by atoms with Gasteiger partial charge in [-0.2, -0.15) is 0 Å². The zero-order valence-corrected chi connectivity index (χ0v) is 15.2. The lowest BCUT2D eigenvalue weighted by atomic mass is 10.1. The van der Waals surface area contributed by atoms with Crippen molar-refractivity contribution in [3.63, 3.8) is 0 Å². The lowest BCUT2D eigenvalue weighted by molar-refractivity contribution is -0.122. The van der Waals surface area contributed by atoms with E-state index in [2.05, 4.69) is 17.6 Å². The highest BCUT2D eigenvalue weighted by Gasteiger charge is 2.24. The molecule has 6 heteroatoms. The molecule has 0 aliphatic carbocycles. The number of amides is 3. The summed E-state index contributed by atoms with van der Waals surface area (Å²) in [5, 5.41) is 5.94. The molecular formula is C19H29N3O3. The summed E-state index contributed by atoms with van der Waals surface area (Å²) in [6, 6.07) is 7.33. The van der Waals surface area contributed by atoms with Crippen LogP contribution in [-0.4, -0.2) is 42.6 Å². The van der Waals surface area contributed by atoms with E-state index >= 15 is 0 Å². The van der Waals surface area contributed by atoms with Crippen LogP contribution in [0.3, 0.4) is 0 Å². The molecule has 1 aliphatic rings. The topological polar surface area (TPSA) is 70.7 Å². The van der Waals surface area contributed by atoms with Crippen LogP contribution in [0.5, 0.6) is 5.75 Å². The van der Waals surface area contributed by atoms with Gasteiger partial charge in [0.2, 0.25) is 5.91 Å². The normalized spacial score (nSPS) is 17.0. The van der Waals surface area contributed by atoms with Gasteiger partial charge in [0.05, 0.1) is 6.61 Å². The number of urea groups is 1. The van der Waals surface area contributed by atoms with Crippen molar-refractivity contribution in [2.24, 2.45) is 0 Å². The van der Waals surface area contributed by atoms with E-state index in [1.54, 1.807) is 4.90 Å². The smallest absolute Gasteiger partial charge is 0.321 e. The van der Waals surface area contributed by atoms with Crippen molar-refractivity contribution in [1.82, 2.24) is 10.2 Å².